The van der Waals surface area contributed by atoms with Crippen LogP contribution in [0.4, 0.5) is 9.59 Å². The number of fused-ring (bicyclic) bond motifs is 2. The molecule has 6 rings (SSSR count). The monoisotopic (exact) mass is 894 g/mol. The van der Waals surface area contributed by atoms with E-state index in [0.29, 0.717) is 37.9 Å². The van der Waals surface area contributed by atoms with Crippen LogP contribution < -0.4 is 9.47 Å². The quantitative estimate of drug-likeness (QED) is 0.110. The molecule has 2 aromatic heterocycles. The summed E-state index contributed by atoms with van der Waals surface area (Å²) in [4.78, 5) is 62.2. The molecule has 0 radical (unpaired) electrons. The Labute approximate surface area is 383 Å². The SMILES string of the molecule is COC(=O)C(C)C(c1ccc2c(c1)CN(C(=O)OC(C)(C)C)CC2)c1cnc(OC)cc1C.COC(=O)CC(c1ccc2c(c1)CN(C(=O)OC(C)(C)C)CC2)c1cnc(OC)cc1C. The third-order valence-electron chi connectivity index (χ3n) is 11.6. The summed E-state index contributed by atoms with van der Waals surface area (Å²) in [6.07, 6.45) is 4.62. The Kier molecular flexibility index (Phi) is 16.3. The van der Waals surface area contributed by atoms with E-state index in [9.17, 15) is 19.2 Å². The van der Waals surface area contributed by atoms with E-state index in [1.54, 1.807) is 36.4 Å². The van der Waals surface area contributed by atoms with Crippen LogP contribution in [0.2, 0.25) is 0 Å². The van der Waals surface area contributed by atoms with E-state index in [4.69, 9.17) is 28.4 Å². The molecule has 0 aliphatic carbocycles. The van der Waals surface area contributed by atoms with Gasteiger partial charge in [-0.25, -0.2) is 19.6 Å². The van der Waals surface area contributed by atoms with Crippen molar-refractivity contribution in [2.24, 2.45) is 5.92 Å². The summed E-state index contributed by atoms with van der Waals surface area (Å²) in [5.41, 5.74) is 9.26. The highest BCUT2D eigenvalue weighted by Crippen LogP contribution is 2.38. The second-order valence-corrected chi connectivity index (χ2v) is 18.6. The van der Waals surface area contributed by atoms with Gasteiger partial charge < -0.3 is 38.2 Å². The number of methoxy groups -OCH3 is 4. The average molecular weight is 895 g/mol. The lowest BCUT2D eigenvalue weighted by molar-refractivity contribution is -0.145. The highest BCUT2D eigenvalue weighted by molar-refractivity contribution is 5.75. The fraction of sp³-hybridized carbons (Fsp3) is 0.490. The van der Waals surface area contributed by atoms with E-state index in [1.807, 2.05) is 74.4 Å². The zero-order chi connectivity index (χ0) is 47.8. The van der Waals surface area contributed by atoms with Gasteiger partial charge in [0.1, 0.15) is 11.2 Å². The van der Waals surface area contributed by atoms with Crippen molar-refractivity contribution in [3.63, 3.8) is 0 Å². The summed E-state index contributed by atoms with van der Waals surface area (Å²) in [6, 6.07) is 16.2. The molecule has 3 atom stereocenters. The normalized spacial score (nSPS) is 14.8. The summed E-state index contributed by atoms with van der Waals surface area (Å²) in [6.45, 7) is 19.2. The number of carbonyl (C=O) groups excluding carboxylic acids is 4. The number of hydrogen-bond acceptors (Lipinski definition) is 12. The molecule has 2 aliphatic heterocycles. The molecule has 0 fully saturated rings. The van der Waals surface area contributed by atoms with Gasteiger partial charge in [0.2, 0.25) is 11.8 Å². The number of aromatic nitrogens is 2. The Bertz CT molecular complexity index is 2350. The molecule has 0 saturated heterocycles. The molecule has 3 unspecified atom stereocenters. The maximum absolute atomic E-state index is 12.6. The largest absolute Gasteiger partial charge is 0.481 e. The van der Waals surface area contributed by atoms with Gasteiger partial charge in [-0.3, -0.25) is 9.59 Å². The van der Waals surface area contributed by atoms with E-state index >= 15 is 0 Å². The number of aryl methyl sites for hydroxylation is 2. The van der Waals surface area contributed by atoms with Crippen LogP contribution in [0.25, 0.3) is 0 Å². The molecule has 14 nitrogen and oxygen atoms in total. The standard InChI is InChI=1S/C26H34N2O5.C25H32N2O5/c1-16-12-22(31-6)27-14-21(16)23(17(2)24(29)32-7)19-9-8-18-10-11-28(15-20(18)13-19)25(30)33-26(3,4)5;1-16-11-22(30-5)26-14-21(16)20(13-23(28)31-6)18-8-7-17-9-10-27(15-19(17)12-18)24(29)32-25(2,3)4/h8-9,12-14,17,23H,10-11,15H2,1-7H3;7-8,11-12,14,20H,9-10,13,15H2,1-6H3. The highest BCUT2D eigenvalue weighted by Gasteiger charge is 2.32. The summed E-state index contributed by atoms with van der Waals surface area (Å²) >= 11 is 0. The Morgan fingerprint density at radius 3 is 1.52 bits per heavy atom. The second kappa shape index (κ2) is 21.2. The van der Waals surface area contributed by atoms with Crippen molar-refractivity contribution in [2.45, 2.75) is 118 Å². The molecular formula is C51H66N4O10. The maximum atomic E-state index is 12.6. The van der Waals surface area contributed by atoms with Gasteiger partial charge in [0.05, 0.1) is 40.8 Å². The van der Waals surface area contributed by atoms with Crippen molar-refractivity contribution >= 4 is 24.1 Å². The molecule has 0 spiro atoms. The lowest BCUT2D eigenvalue weighted by atomic mass is 9.79. The minimum Gasteiger partial charge on any atom is -0.481 e. The number of nitrogens with zero attached hydrogens (tertiary/aromatic N) is 4. The molecule has 4 aromatic rings. The Morgan fingerprint density at radius 2 is 1.09 bits per heavy atom. The van der Waals surface area contributed by atoms with Crippen LogP contribution in [0.1, 0.15) is 122 Å². The van der Waals surface area contributed by atoms with Crippen LogP contribution >= 0.6 is 0 Å². The zero-order valence-electron chi connectivity index (χ0n) is 40.3. The number of ether oxygens (including phenoxy) is 6. The Balaban J connectivity index is 0.000000244. The first-order chi connectivity index (χ1) is 30.6. The van der Waals surface area contributed by atoms with Gasteiger partial charge in [-0.15, -0.1) is 0 Å². The van der Waals surface area contributed by atoms with Gasteiger partial charge in [0.15, 0.2) is 0 Å². The van der Waals surface area contributed by atoms with Crippen LogP contribution in [0, 0.1) is 19.8 Å². The first-order valence-corrected chi connectivity index (χ1v) is 22.0. The first kappa shape index (κ1) is 49.8. The number of benzene rings is 2. The smallest absolute Gasteiger partial charge is 0.410 e. The van der Waals surface area contributed by atoms with Crippen molar-refractivity contribution in [2.75, 3.05) is 41.5 Å². The van der Waals surface area contributed by atoms with Gasteiger partial charge in [-0.1, -0.05) is 43.3 Å². The number of pyridine rings is 2. The minimum absolute atomic E-state index is 0.194. The van der Waals surface area contributed by atoms with Crippen molar-refractivity contribution in [3.05, 3.63) is 117 Å². The minimum atomic E-state index is -0.543. The Morgan fingerprint density at radius 1 is 0.631 bits per heavy atom. The van der Waals surface area contributed by atoms with Crippen molar-refractivity contribution < 1.29 is 47.6 Å². The van der Waals surface area contributed by atoms with E-state index < -0.39 is 17.1 Å². The molecule has 2 aliphatic rings. The number of esters is 2. The number of amides is 2. The summed E-state index contributed by atoms with van der Waals surface area (Å²) in [5.74, 6) is -0.420. The van der Waals surface area contributed by atoms with Crippen LogP contribution in [-0.2, 0) is 54.5 Å². The van der Waals surface area contributed by atoms with Gasteiger partial charge in [0, 0.05) is 62.5 Å². The van der Waals surface area contributed by atoms with E-state index in [2.05, 4.69) is 46.4 Å². The van der Waals surface area contributed by atoms with Crippen molar-refractivity contribution in [1.29, 1.82) is 0 Å². The van der Waals surface area contributed by atoms with Gasteiger partial charge >= 0.3 is 24.1 Å². The van der Waals surface area contributed by atoms with Gasteiger partial charge in [-0.05, 0) is 124 Å². The zero-order valence-corrected chi connectivity index (χ0v) is 40.3. The summed E-state index contributed by atoms with van der Waals surface area (Å²) in [7, 11) is 5.95. The lowest BCUT2D eigenvalue weighted by Gasteiger charge is -2.32. The van der Waals surface area contributed by atoms with Crippen molar-refractivity contribution in [3.8, 4) is 11.8 Å². The molecule has 14 heteroatoms. The maximum Gasteiger partial charge on any atom is 0.410 e. The topological polar surface area (TPSA) is 156 Å². The predicted octanol–water partition coefficient (Wildman–Crippen LogP) is 9.02. The fourth-order valence-electron chi connectivity index (χ4n) is 8.24. The molecular weight excluding hydrogens is 829 g/mol. The van der Waals surface area contributed by atoms with E-state index in [-0.39, 0.29) is 42.4 Å². The molecule has 4 heterocycles. The molecule has 2 aromatic carbocycles. The van der Waals surface area contributed by atoms with Crippen LogP contribution in [-0.4, -0.2) is 96.6 Å². The molecule has 0 saturated carbocycles. The van der Waals surface area contributed by atoms with Crippen LogP contribution in [0.3, 0.4) is 0 Å². The number of rotatable bonds is 10. The molecule has 0 bridgehead atoms. The first-order valence-electron chi connectivity index (χ1n) is 22.0. The highest BCUT2D eigenvalue weighted by atomic mass is 16.6. The predicted molar refractivity (Wildman–Crippen MR) is 246 cm³/mol. The van der Waals surface area contributed by atoms with Crippen LogP contribution in [0.5, 0.6) is 11.8 Å². The molecule has 2 amide bonds. The molecule has 0 N–H and O–H groups in total. The number of hydrogen-bond donors (Lipinski definition) is 0. The second-order valence-electron chi connectivity index (χ2n) is 18.6. The van der Waals surface area contributed by atoms with Crippen molar-refractivity contribution in [1.82, 2.24) is 19.8 Å². The van der Waals surface area contributed by atoms with Gasteiger partial charge in [0.25, 0.3) is 0 Å². The molecule has 65 heavy (non-hydrogen) atoms. The lowest BCUT2D eigenvalue weighted by Crippen LogP contribution is -2.40. The van der Waals surface area contributed by atoms with Gasteiger partial charge in [-0.2, -0.15) is 0 Å². The third-order valence-corrected chi connectivity index (χ3v) is 11.6. The van der Waals surface area contributed by atoms with Crippen LogP contribution in [0.15, 0.2) is 60.9 Å². The Hall–Kier alpha value is -6.18. The molecule has 350 valence electrons. The average Bonchev–Trinajstić information content (AvgIpc) is 3.26. The third kappa shape index (κ3) is 13.0. The van der Waals surface area contributed by atoms with E-state index in [1.165, 1.54) is 25.3 Å². The fourth-order valence-corrected chi connectivity index (χ4v) is 8.24. The summed E-state index contributed by atoms with van der Waals surface area (Å²) in [5, 5.41) is 0. The summed E-state index contributed by atoms with van der Waals surface area (Å²) < 4.78 is 31.6. The van der Waals surface area contributed by atoms with E-state index in [0.717, 1.165) is 57.3 Å². The number of carbonyl (C=O) groups is 4.